The molecule has 18 heteroatoms. The molecule has 14 nitrogen and oxygen atoms in total. The molecule has 5 aliphatic heterocycles. The number of H-pyrrole nitrogens is 2. The third kappa shape index (κ3) is 7.44. The number of fused-ring (bicyclic) bond motifs is 3. The minimum absolute atomic E-state index is 0.109. The van der Waals surface area contributed by atoms with Gasteiger partial charge in [0.1, 0.15) is 17.7 Å². The highest BCUT2D eigenvalue weighted by Gasteiger charge is 2.66. The van der Waals surface area contributed by atoms with Crippen molar-refractivity contribution in [1.29, 1.82) is 0 Å². The Kier molecular flexibility index (Phi) is 11.0. The van der Waals surface area contributed by atoms with Gasteiger partial charge in [0.15, 0.2) is 0 Å². The lowest BCUT2D eigenvalue weighted by Gasteiger charge is -2.65. The van der Waals surface area contributed by atoms with Gasteiger partial charge in [0, 0.05) is 43.1 Å². The van der Waals surface area contributed by atoms with Gasteiger partial charge in [-0.1, -0.05) is 64.1 Å². The van der Waals surface area contributed by atoms with Crippen LogP contribution in [0.2, 0.25) is 0 Å². The van der Waals surface area contributed by atoms with E-state index in [0.717, 1.165) is 40.0 Å². The number of hydrogen-bond acceptors (Lipinski definition) is 9. The Hall–Kier alpha value is -5.33. The summed E-state index contributed by atoms with van der Waals surface area (Å²) in [6.07, 6.45) is 3.29. The number of ether oxygens (including phenoxy) is 2. The van der Waals surface area contributed by atoms with Gasteiger partial charge in [-0.2, -0.15) is 0 Å². The maximum absolute atomic E-state index is 15.1. The highest BCUT2D eigenvalue weighted by atomic mass is 19.3. The molecule has 4 fully saturated rings. The number of aromatic nitrogens is 4. The second kappa shape index (κ2) is 16.0. The maximum atomic E-state index is 15.1. The number of halogens is 4. The lowest BCUT2D eigenvalue weighted by Crippen LogP contribution is -2.66. The van der Waals surface area contributed by atoms with E-state index in [4.69, 9.17) is 4.74 Å². The molecule has 9 rings (SSSR count). The summed E-state index contributed by atoms with van der Waals surface area (Å²) in [5.74, 6) is -7.30. The molecule has 5 aliphatic rings. The van der Waals surface area contributed by atoms with Crippen molar-refractivity contribution in [2.45, 2.75) is 114 Å². The van der Waals surface area contributed by atoms with Crippen LogP contribution in [0, 0.1) is 11.8 Å². The van der Waals surface area contributed by atoms with Gasteiger partial charge < -0.3 is 34.6 Å². The fourth-order valence-electron chi connectivity index (χ4n) is 10.9. The van der Waals surface area contributed by atoms with E-state index in [-0.39, 0.29) is 42.0 Å². The number of carbonyl (C=O) groups is 3. The van der Waals surface area contributed by atoms with Crippen molar-refractivity contribution in [2.24, 2.45) is 11.8 Å². The predicted molar refractivity (Wildman–Crippen MR) is 228 cm³/mol. The fourth-order valence-corrected chi connectivity index (χ4v) is 10.9. The summed E-state index contributed by atoms with van der Waals surface area (Å²) >= 11 is 0. The molecular formula is C46H55F4N9O5. The van der Waals surface area contributed by atoms with Crippen LogP contribution in [0.1, 0.15) is 107 Å². The van der Waals surface area contributed by atoms with E-state index in [2.05, 4.69) is 59.3 Å². The molecule has 0 saturated carbocycles. The van der Waals surface area contributed by atoms with Crippen molar-refractivity contribution in [1.82, 2.24) is 45.3 Å². The van der Waals surface area contributed by atoms with Gasteiger partial charge in [0.2, 0.25) is 11.8 Å². The van der Waals surface area contributed by atoms with E-state index in [1.807, 2.05) is 38.1 Å². The first-order valence-electron chi connectivity index (χ1n) is 21.9. The lowest BCUT2D eigenvalue weighted by atomic mass is 9.68. The quantitative estimate of drug-likeness (QED) is 0.0787. The van der Waals surface area contributed by atoms with E-state index in [0.29, 0.717) is 17.2 Å². The van der Waals surface area contributed by atoms with Gasteiger partial charge in [0.25, 0.3) is 11.8 Å². The molecule has 7 atom stereocenters. The van der Waals surface area contributed by atoms with Gasteiger partial charge in [-0.25, -0.2) is 32.3 Å². The highest BCUT2D eigenvalue weighted by Crippen LogP contribution is 2.71. The van der Waals surface area contributed by atoms with E-state index >= 15 is 8.78 Å². The van der Waals surface area contributed by atoms with Crippen molar-refractivity contribution in [3.05, 3.63) is 71.6 Å². The first-order chi connectivity index (χ1) is 30.3. The Balaban J connectivity index is 0.986. The monoisotopic (exact) mass is 889 g/mol. The second-order valence-electron chi connectivity index (χ2n) is 19.1. The van der Waals surface area contributed by atoms with E-state index in [9.17, 15) is 23.2 Å². The number of rotatable bonds is 13. The zero-order valence-electron chi connectivity index (χ0n) is 37.0. The number of carbonyl (C=O) groups excluding carboxylic acids is 3. The van der Waals surface area contributed by atoms with Gasteiger partial charge >= 0.3 is 6.09 Å². The minimum atomic E-state index is -3.15. The Morgan fingerprint density at radius 3 is 1.75 bits per heavy atom. The largest absolute Gasteiger partial charge is 0.453 e. The first kappa shape index (κ1) is 43.9. The van der Waals surface area contributed by atoms with Crippen molar-refractivity contribution in [3.8, 4) is 33.6 Å². The molecule has 3 unspecified atom stereocenters. The van der Waals surface area contributed by atoms with Crippen LogP contribution in [0.3, 0.4) is 0 Å². The normalized spacial score (nSPS) is 26.1. The molecule has 4 aromatic rings. The lowest BCUT2D eigenvalue weighted by molar-refractivity contribution is -0.177. The van der Waals surface area contributed by atoms with E-state index in [1.165, 1.54) is 30.2 Å². The van der Waals surface area contributed by atoms with Gasteiger partial charge in [-0.05, 0) is 59.4 Å². The molecule has 64 heavy (non-hydrogen) atoms. The third-order valence-corrected chi connectivity index (χ3v) is 14.0. The number of amides is 3. The molecule has 4 N–H and O–H groups in total. The average Bonchev–Trinajstić information content (AvgIpc) is 4.07. The summed E-state index contributed by atoms with van der Waals surface area (Å²) < 4.78 is 69.9. The Bertz CT molecular complexity index is 2460. The zero-order chi connectivity index (χ0) is 45.6. The molecule has 0 radical (unpaired) electrons. The standard InChI is InChI=1S/C46H55F4N9O5/c1-23(2)37(53-22-63-6)41(60)57-20-45(47,48)17-34(57)40-52-19-30(55-40)28-13-12-27(35-31-14-44(5)15-32(36(28)35)59(31)44)25-8-10-26(11-9-25)29-18-51-39(54-29)33-16-46(49,50)21-58(33)42(61)38(24(3)4)56-43(62)64-7/h8-13,18-19,23-24,31-34,37-38,53H,14-17,20-22H2,1-7H3,(H,51,54)(H,52,55)(H,56,62)/t31?,32?,33-,34-,37-,38-,44?/m0/s1. The molecule has 2 aromatic heterocycles. The molecule has 4 saturated heterocycles. The third-order valence-electron chi connectivity index (χ3n) is 14.0. The topological polar surface area (TPSA) is 161 Å². The van der Waals surface area contributed by atoms with Gasteiger partial charge in [-0.15, -0.1) is 0 Å². The summed E-state index contributed by atoms with van der Waals surface area (Å²) in [6.45, 7) is 8.06. The highest BCUT2D eigenvalue weighted by molar-refractivity contribution is 5.87. The molecule has 2 aromatic carbocycles. The molecule has 7 heterocycles. The van der Waals surface area contributed by atoms with Crippen molar-refractivity contribution in [3.63, 3.8) is 0 Å². The molecular weight excluding hydrogens is 835 g/mol. The van der Waals surface area contributed by atoms with Crippen LogP contribution in [-0.2, 0) is 19.1 Å². The fraction of sp³-hybridized carbons (Fsp3) is 0.543. The number of likely N-dealkylation sites (tertiary alicyclic amines) is 2. The number of alkyl carbamates (subject to hydrolysis) is 1. The first-order valence-corrected chi connectivity index (χ1v) is 21.9. The number of alkyl halides is 4. The number of imidazole rings is 2. The summed E-state index contributed by atoms with van der Waals surface area (Å²) in [5, 5.41) is 5.53. The molecule has 0 spiro atoms. The Labute approximate surface area is 368 Å². The number of hydrogen-bond donors (Lipinski definition) is 4. The van der Waals surface area contributed by atoms with Crippen LogP contribution in [0.15, 0.2) is 48.8 Å². The molecule has 3 amide bonds. The minimum Gasteiger partial charge on any atom is -0.453 e. The summed E-state index contributed by atoms with van der Waals surface area (Å²) in [7, 11) is 2.67. The maximum Gasteiger partial charge on any atom is 0.407 e. The molecule has 342 valence electrons. The van der Waals surface area contributed by atoms with Gasteiger partial charge in [-0.3, -0.25) is 19.8 Å². The van der Waals surface area contributed by atoms with Crippen LogP contribution in [-0.4, -0.2) is 116 Å². The number of nitrogens with one attached hydrogen (secondary N) is 4. The van der Waals surface area contributed by atoms with Crippen molar-refractivity contribution >= 4 is 17.9 Å². The van der Waals surface area contributed by atoms with Gasteiger partial charge in [0.05, 0.1) is 68.8 Å². The predicted octanol–water partition coefficient (Wildman–Crippen LogP) is 7.51. The summed E-state index contributed by atoms with van der Waals surface area (Å²) in [5.41, 5.74) is 7.63. The Morgan fingerprint density at radius 1 is 0.719 bits per heavy atom. The van der Waals surface area contributed by atoms with Crippen LogP contribution in [0.4, 0.5) is 22.4 Å². The number of benzene rings is 2. The van der Waals surface area contributed by atoms with Crippen molar-refractivity contribution in [2.75, 3.05) is 34.0 Å². The number of aromatic amines is 2. The smallest absolute Gasteiger partial charge is 0.407 e. The average molecular weight is 890 g/mol. The van der Waals surface area contributed by atoms with Crippen LogP contribution < -0.4 is 10.6 Å². The van der Waals surface area contributed by atoms with Crippen LogP contribution >= 0.6 is 0 Å². The van der Waals surface area contributed by atoms with E-state index < -0.39 is 79.9 Å². The Morgan fingerprint density at radius 2 is 1.22 bits per heavy atom. The van der Waals surface area contributed by atoms with E-state index in [1.54, 1.807) is 26.2 Å². The number of nitrogens with zero attached hydrogens (tertiary/aromatic N) is 5. The second-order valence-corrected chi connectivity index (χ2v) is 19.1. The summed E-state index contributed by atoms with van der Waals surface area (Å²) in [4.78, 5) is 60.0. The SMILES string of the molecule is COCN[C@H](C(=O)N1CC(F)(F)C[C@H]1c1ncc(-c2ccc(-c3ccc(-c4cnc([C@@H]5CC(F)(F)CN5C(=O)[C@@H](NC(=O)OC)C(C)C)[nH]4)cc3)c3c2C2CC4(C)CC3N24)[nH]1)C(C)C. The molecule has 0 aliphatic carbocycles. The van der Waals surface area contributed by atoms with Crippen LogP contribution in [0.5, 0.6) is 0 Å². The zero-order valence-corrected chi connectivity index (χ0v) is 37.0. The number of methoxy groups -OCH3 is 2. The van der Waals surface area contributed by atoms with Crippen molar-refractivity contribution < 1.29 is 41.4 Å². The molecule has 0 bridgehead atoms. The summed E-state index contributed by atoms with van der Waals surface area (Å²) in [6, 6.07) is 8.77. The number of piperidine rings is 1. The van der Waals surface area contributed by atoms with Crippen LogP contribution in [0.25, 0.3) is 33.6 Å².